The van der Waals surface area contributed by atoms with E-state index in [9.17, 15) is 26.4 Å². The largest absolute Gasteiger partial charge is 0.355 e. The highest BCUT2D eigenvalue weighted by molar-refractivity contribution is 9.10. The number of hydrogen-bond donors (Lipinski definition) is 2. The Bertz CT molecular complexity index is 937. The zero-order valence-electron chi connectivity index (χ0n) is 16.2. The number of rotatable bonds is 7. The van der Waals surface area contributed by atoms with E-state index in [0.29, 0.717) is 9.40 Å². The van der Waals surface area contributed by atoms with E-state index >= 15 is 0 Å². The summed E-state index contributed by atoms with van der Waals surface area (Å²) in [6.07, 6.45) is 1.60. The summed E-state index contributed by atoms with van der Waals surface area (Å²) < 4.78 is 47.9. The monoisotopic (exact) mass is 497 g/mol. The second-order valence-corrected chi connectivity index (χ2v) is 11.9. The van der Waals surface area contributed by atoms with Crippen LogP contribution in [0.5, 0.6) is 0 Å². The van der Waals surface area contributed by atoms with Crippen molar-refractivity contribution in [3.8, 4) is 0 Å². The van der Waals surface area contributed by atoms with Crippen LogP contribution in [-0.4, -0.2) is 47.7 Å². The molecule has 0 unspecified atom stereocenters. The van der Waals surface area contributed by atoms with Gasteiger partial charge in [-0.15, -0.1) is 0 Å². The minimum absolute atomic E-state index is 0.0417. The Morgan fingerprint density at radius 1 is 1.07 bits per heavy atom. The molecule has 0 saturated heterocycles. The Morgan fingerprint density at radius 3 is 2.04 bits per heavy atom. The van der Waals surface area contributed by atoms with E-state index in [1.165, 1.54) is 18.2 Å². The molecule has 0 aliphatic rings. The lowest BCUT2D eigenvalue weighted by molar-refractivity contribution is -0.128. The van der Waals surface area contributed by atoms with E-state index < -0.39 is 25.5 Å². The molecule has 0 aliphatic heterocycles. The second-order valence-electron chi connectivity index (χ2n) is 7.19. The van der Waals surface area contributed by atoms with Crippen LogP contribution in [0.4, 0.5) is 11.4 Å². The minimum atomic E-state index is -4.08. The van der Waals surface area contributed by atoms with Crippen molar-refractivity contribution in [2.75, 3.05) is 28.1 Å². The van der Waals surface area contributed by atoms with Gasteiger partial charge in [-0.25, -0.2) is 16.8 Å². The van der Waals surface area contributed by atoms with Crippen molar-refractivity contribution in [1.29, 1.82) is 0 Å². The normalized spacial score (nSPS) is 12.4. The average Bonchev–Trinajstić information content (AvgIpc) is 2.46. The molecule has 0 saturated carbocycles. The lowest BCUT2D eigenvalue weighted by atomic mass is 9.96. The fraction of sp³-hybridized carbons (Fsp3) is 0.500. The van der Waals surface area contributed by atoms with E-state index in [1.807, 2.05) is 0 Å². The predicted octanol–water partition coefficient (Wildman–Crippen LogP) is 1.67. The zero-order valence-corrected chi connectivity index (χ0v) is 19.5. The molecule has 0 aromatic heterocycles. The van der Waals surface area contributed by atoms with Crippen LogP contribution in [0, 0.1) is 5.41 Å². The second kappa shape index (κ2) is 8.78. The summed E-state index contributed by atoms with van der Waals surface area (Å²) in [5, 5.41) is 5.26. The molecule has 0 heterocycles. The fourth-order valence-electron chi connectivity index (χ4n) is 2.11. The third-order valence-electron chi connectivity index (χ3n) is 3.35. The van der Waals surface area contributed by atoms with Crippen LogP contribution in [0.25, 0.3) is 0 Å². The first-order valence-corrected chi connectivity index (χ1v) is 12.6. The highest BCUT2D eigenvalue weighted by atomic mass is 79.9. The van der Waals surface area contributed by atoms with E-state index in [0.717, 1.165) is 12.5 Å². The molecule has 0 bridgehead atoms. The number of carbonyl (C=O) groups is 2. The summed E-state index contributed by atoms with van der Waals surface area (Å²) in [5.41, 5.74) is -0.312. The third kappa shape index (κ3) is 7.06. The Kier molecular flexibility index (Phi) is 7.65. The van der Waals surface area contributed by atoms with E-state index in [-0.39, 0.29) is 34.9 Å². The number of carbonyl (C=O) groups excluding carboxylic acids is 2. The van der Waals surface area contributed by atoms with Crippen LogP contribution in [0.15, 0.2) is 22.7 Å². The molecule has 2 amide bonds. The highest BCUT2D eigenvalue weighted by Gasteiger charge is 2.29. The third-order valence-corrected chi connectivity index (χ3v) is 7.21. The van der Waals surface area contributed by atoms with Gasteiger partial charge < -0.3 is 10.6 Å². The summed E-state index contributed by atoms with van der Waals surface area (Å²) in [6, 6.07) is 4.04. The Morgan fingerprint density at radius 2 is 1.61 bits per heavy atom. The highest BCUT2D eigenvalue weighted by Crippen LogP contribution is 2.32. The summed E-state index contributed by atoms with van der Waals surface area (Å²) in [4.78, 5) is 23.8. The molecule has 1 aromatic rings. The number of halogens is 1. The van der Waals surface area contributed by atoms with Gasteiger partial charge in [0.05, 0.1) is 18.2 Å². The lowest BCUT2D eigenvalue weighted by Gasteiger charge is -2.21. The predicted molar refractivity (Wildman–Crippen MR) is 112 cm³/mol. The Labute approximate surface area is 174 Å². The van der Waals surface area contributed by atoms with Gasteiger partial charge in [-0.05, 0) is 34.1 Å². The first-order valence-electron chi connectivity index (χ1n) is 8.11. The lowest BCUT2D eigenvalue weighted by Crippen LogP contribution is -2.36. The summed E-state index contributed by atoms with van der Waals surface area (Å²) in [5.74, 6) is -0.536. The van der Waals surface area contributed by atoms with Gasteiger partial charge in [0.25, 0.3) is 0 Å². The maximum atomic E-state index is 12.0. The van der Waals surface area contributed by atoms with Crippen LogP contribution in [0.1, 0.15) is 27.2 Å². The standard InChI is InChI=1S/C16H24BrN3O6S2/c1-16(2,3)15(22)18-9-8-14(21)19-11-6-7-13(12(17)10-11)20(27(4,23)24)28(5,25)26/h6-7,10H,8-9H2,1-5H3,(H,18,22)(H,19,21). The number of nitrogens with zero attached hydrogens (tertiary/aromatic N) is 1. The van der Waals surface area contributed by atoms with Crippen molar-refractivity contribution >= 4 is 59.2 Å². The van der Waals surface area contributed by atoms with Crippen LogP contribution in [0.3, 0.4) is 0 Å². The van der Waals surface area contributed by atoms with Crippen LogP contribution >= 0.6 is 15.9 Å². The molecule has 0 spiro atoms. The fourth-order valence-corrected chi connectivity index (χ4v) is 5.91. The molecule has 1 aromatic carbocycles. The van der Waals surface area contributed by atoms with Gasteiger partial charge in [0.2, 0.25) is 31.9 Å². The molecule has 1 rings (SSSR count). The maximum Gasteiger partial charge on any atom is 0.245 e. The molecule has 9 nitrogen and oxygen atoms in total. The van der Waals surface area contributed by atoms with Crippen LogP contribution < -0.4 is 14.3 Å². The van der Waals surface area contributed by atoms with Crippen molar-refractivity contribution in [3.63, 3.8) is 0 Å². The van der Waals surface area contributed by atoms with Gasteiger partial charge in [0.1, 0.15) is 0 Å². The number of nitrogens with one attached hydrogen (secondary N) is 2. The molecule has 158 valence electrons. The molecular formula is C16H24BrN3O6S2. The molecule has 0 radical (unpaired) electrons. The van der Waals surface area contributed by atoms with Gasteiger partial charge in [0, 0.05) is 28.5 Å². The van der Waals surface area contributed by atoms with Gasteiger partial charge >= 0.3 is 0 Å². The number of sulfonamides is 2. The number of benzene rings is 1. The number of amides is 2. The van der Waals surface area contributed by atoms with Gasteiger partial charge in [-0.2, -0.15) is 3.71 Å². The SMILES string of the molecule is CC(C)(C)C(=O)NCCC(=O)Nc1ccc(N(S(C)(=O)=O)S(C)(=O)=O)c(Br)c1. The first-order chi connectivity index (χ1) is 12.5. The van der Waals surface area contributed by atoms with Crippen molar-refractivity contribution in [2.24, 2.45) is 5.41 Å². The van der Waals surface area contributed by atoms with Crippen LogP contribution in [0.2, 0.25) is 0 Å². The van der Waals surface area contributed by atoms with E-state index in [2.05, 4.69) is 26.6 Å². The summed E-state index contributed by atoms with van der Waals surface area (Å²) in [7, 11) is -8.16. The topological polar surface area (TPSA) is 130 Å². The molecule has 0 aliphatic carbocycles. The molecule has 0 fully saturated rings. The van der Waals surface area contributed by atoms with Crippen LogP contribution in [-0.2, 0) is 29.6 Å². The maximum absolute atomic E-state index is 12.0. The van der Waals surface area contributed by atoms with E-state index in [1.54, 1.807) is 20.8 Å². The Hall–Kier alpha value is -1.66. The van der Waals surface area contributed by atoms with Crippen molar-refractivity contribution < 1.29 is 26.4 Å². The molecule has 2 N–H and O–H groups in total. The average molecular weight is 498 g/mol. The molecule has 12 heteroatoms. The van der Waals surface area contributed by atoms with Gasteiger partial charge in [-0.1, -0.05) is 20.8 Å². The van der Waals surface area contributed by atoms with E-state index in [4.69, 9.17) is 0 Å². The zero-order chi connectivity index (χ0) is 21.9. The smallest absolute Gasteiger partial charge is 0.245 e. The van der Waals surface area contributed by atoms with Gasteiger partial charge in [-0.3, -0.25) is 9.59 Å². The van der Waals surface area contributed by atoms with Crippen molar-refractivity contribution in [3.05, 3.63) is 22.7 Å². The first kappa shape index (κ1) is 24.4. The molecule has 0 atom stereocenters. The Balaban J connectivity index is 2.88. The molecular weight excluding hydrogens is 474 g/mol. The number of anilines is 2. The quantitative estimate of drug-likeness (QED) is 0.588. The summed E-state index contributed by atoms with van der Waals surface area (Å²) >= 11 is 3.14. The van der Waals surface area contributed by atoms with Gasteiger partial charge in [0.15, 0.2) is 0 Å². The van der Waals surface area contributed by atoms with Crippen molar-refractivity contribution in [1.82, 2.24) is 5.32 Å². The van der Waals surface area contributed by atoms with Crippen molar-refractivity contribution in [2.45, 2.75) is 27.2 Å². The number of hydrogen-bond acceptors (Lipinski definition) is 6. The minimum Gasteiger partial charge on any atom is -0.355 e. The molecule has 28 heavy (non-hydrogen) atoms. The summed E-state index contributed by atoms with van der Waals surface area (Å²) in [6.45, 7) is 5.45.